The summed E-state index contributed by atoms with van der Waals surface area (Å²) in [6, 6.07) is 6.25. The van der Waals surface area contributed by atoms with Crippen LogP contribution in [-0.2, 0) is 5.41 Å². The molecule has 0 spiro atoms. The molecule has 0 atom stereocenters. The maximum atomic E-state index is 12.8. The van der Waals surface area contributed by atoms with Gasteiger partial charge in [0.2, 0.25) is 0 Å². The molecule has 0 unspecified atom stereocenters. The van der Waals surface area contributed by atoms with E-state index in [0.29, 0.717) is 13.0 Å². The molecule has 0 radical (unpaired) electrons. The Kier molecular flexibility index (Phi) is 6.24. The molecule has 1 fully saturated rings. The predicted octanol–water partition coefficient (Wildman–Crippen LogP) is 1.85. The molecule has 1 aromatic carbocycles. The van der Waals surface area contributed by atoms with Crippen molar-refractivity contribution < 1.29 is 9.90 Å². The minimum absolute atomic E-state index is 0.0112. The zero-order valence-electron chi connectivity index (χ0n) is 15.4. The van der Waals surface area contributed by atoms with E-state index in [4.69, 9.17) is 5.11 Å². The number of carbonyl (C=O) groups excluding carboxylic acids is 1. The molecule has 2 N–H and O–H groups in total. The molecule has 5 heteroatoms. The number of rotatable bonds is 5. The molecule has 24 heavy (non-hydrogen) atoms. The minimum Gasteiger partial charge on any atom is -0.396 e. The molecule has 1 amide bonds. The Morgan fingerprint density at radius 1 is 1.25 bits per heavy atom. The average molecular weight is 333 g/mol. The van der Waals surface area contributed by atoms with Gasteiger partial charge in [0.05, 0.1) is 0 Å². The third kappa shape index (κ3) is 4.71. The molecular formula is C19H31N3O2. The van der Waals surface area contributed by atoms with E-state index >= 15 is 0 Å². The van der Waals surface area contributed by atoms with Crippen molar-refractivity contribution >= 4 is 11.6 Å². The fourth-order valence-electron chi connectivity index (χ4n) is 2.90. The van der Waals surface area contributed by atoms with Crippen molar-refractivity contribution in [3.63, 3.8) is 0 Å². The van der Waals surface area contributed by atoms with Crippen LogP contribution in [0.25, 0.3) is 0 Å². The number of nitrogens with one attached hydrogen (secondary N) is 1. The highest BCUT2D eigenvalue weighted by molar-refractivity contribution is 5.95. The van der Waals surface area contributed by atoms with Crippen LogP contribution >= 0.6 is 0 Å². The zero-order valence-corrected chi connectivity index (χ0v) is 15.4. The number of nitrogens with zero attached hydrogens (tertiary/aromatic N) is 2. The van der Waals surface area contributed by atoms with Gasteiger partial charge in [0, 0.05) is 57.6 Å². The maximum absolute atomic E-state index is 12.8. The van der Waals surface area contributed by atoms with Gasteiger partial charge in [-0.1, -0.05) is 20.8 Å². The molecule has 1 saturated heterocycles. The molecule has 0 saturated carbocycles. The van der Waals surface area contributed by atoms with Gasteiger partial charge in [-0.15, -0.1) is 0 Å². The first-order valence-corrected chi connectivity index (χ1v) is 8.80. The Labute approximate surface area is 145 Å². The molecule has 5 nitrogen and oxygen atoms in total. The number of hydrogen-bond acceptors (Lipinski definition) is 4. The Bertz CT molecular complexity index is 560. The second-order valence-electron chi connectivity index (χ2n) is 7.56. The first-order valence-electron chi connectivity index (χ1n) is 8.80. The summed E-state index contributed by atoms with van der Waals surface area (Å²) in [5.41, 5.74) is 3.03. The Morgan fingerprint density at radius 2 is 1.92 bits per heavy atom. The highest BCUT2D eigenvalue weighted by atomic mass is 16.3. The second kappa shape index (κ2) is 7.99. The lowest BCUT2D eigenvalue weighted by Crippen LogP contribution is -2.43. The van der Waals surface area contributed by atoms with Crippen LogP contribution < -0.4 is 10.2 Å². The van der Waals surface area contributed by atoms with Gasteiger partial charge in [-0.25, -0.2) is 0 Å². The number of benzene rings is 1. The highest BCUT2D eigenvalue weighted by Crippen LogP contribution is 2.29. The molecule has 2 rings (SSSR count). The number of aliphatic hydroxyl groups is 1. The highest BCUT2D eigenvalue weighted by Gasteiger charge is 2.21. The average Bonchev–Trinajstić information content (AvgIpc) is 2.58. The van der Waals surface area contributed by atoms with Crippen LogP contribution in [0.2, 0.25) is 0 Å². The number of hydrogen-bond donors (Lipinski definition) is 2. The van der Waals surface area contributed by atoms with Crippen LogP contribution in [0.5, 0.6) is 0 Å². The lowest BCUT2D eigenvalue weighted by atomic mass is 9.85. The standard InChI is InChI=1S/C19H31N3O2/c1-19(2,3)16-12-15(18(24)21(4)8-5-11-23)13-17(14-16)22-9-6-20-7-10-22/h12-14,20,23H,5-11H2,1-4H3. The van der Waals surface area contributed by atoms with Gasteiger partial charge in [-0.3, -0.25) is 4.79 Å². The van der Waals surface area contributed by atoms with Gasteiger partial charge in [0.15, 0.2) is 0 Å². The first-order chi connectivity index (χ1) is 11.3. The van der Waals surface area contributed by atoms with E-state index in [1.807, 2.05) is 12.1 Å². The van der Waals surface area contributed by atoms with E-state index in [-0.39, 0.29) is 17.9 Å². The monoisotopic (exact) mass is 333 g/mol. The Hall–Kier alpha value is -1.59. The molecular weight excluding hydrogens is 302 g/mol. The first kappa shape index (κ1) is 18.7. The summed E-state index contributed by atoms with van der Waals surface area (Å²) in [4.78, 5) is 16.8. The van der Waals surface area contributed by atoms with Crippen LogP contribution in [0.3, 0.4) is 0 Å². The molecule has 1 aromatic rings. The van der Waals surface area contributed by atoms with Crippen molar-refractivity contribution in [3.05, 3.63) is 29.3 Å². The topological polar surface area (TPSA) is 55.8 Å². The second-order valence-corrected chi connectivity index (χ2v) is 7.56. The summed E-state index contributed by atoms with van der Waals surface area (Å²) >= 11 is 0. The van der Waals surface area contributed by atoms with Crippen molar-refractivity contribution in [2.45, 2.75) is 32.6 Å². The summed E-state index contributed by atoms with van der Waals surface area (Å²) in [6.45, 7) is 11.1. The van der Waals surface area contributed by atoms with Crippen molar-refractivity contribution in [3.8, 4) is 0 Å². The summed E-state index contributed by atoms with van der Waals surface area (Å²) < 4.78 is 0. The van der Waals surface area contributed by atoms with E-state index in [9.17, 15) is 4.79 Å². The van der Waals surface area contributed by atoms with Crippen LogP contribution in [0.15, 0.2) is 18.2 Å². The van der Waals surface area contributed by atoms with Crippen molar-refractivity contribution in [2.24, 2.45) is 0 Å². The van der Waals surface area contributed by atoms with Gasteiger partial charge >= 0.3 is 0 Å². The molecule has 0 aliphatic carbocycles. The van der Waals surface area contributed by atoms with E-state index in [1.165, 1.54) is 5.56 Å². The zero-order chi connectivity index (χ0) is 17.7. The van der Waals surface area contributed by atoms with E-state index in [1.54, 1.807) is 11.9 Å². The van der Waals surface area contributed by atoms with E-state index in [2.05, 4.69) is 37.1 Å². The van der Waals surface area contributed by atoms with Crippen LogP contribution in [0.4, 0.5) is 5.69 Å². The van der Waals surface area contributed by atoms with Crippen LogP contribution in [0, 0.1) is 0 Å². The number of aliphatic hydroxyl groups excluding tert-OH is 1. The number of anilines is 1. The van der Waals surface area contributed by atoms with Crippen molar-refractivity contribution in [1.82, 2.24) is 10.2 Å². The van der Waals surface area contributed by atoms with Crippen molar-refractivity contribution in [1.29, 1.82) is 0 Å². The molecule has 0 aromatic heterocycles. The van der Waals surface area contributed by atoms with Crippen molar-refractivity contribution in [2.75, 3.05) is 51.3 Å². The van der Waals surface area contributed by atoms with E-state index in [0.717, 1.165) is 37.4 Å². The van der Waals surface area contributed by atoms with Gasteiger partial charge in [-0.2, -0.15) is 0 Å². The SMILES string of the molecule is CN(CCCO)C(=O)c1cc(N2CCNCC2)cc(C(C)(C)C)c1. The quantitative estimate of drug-likeness (QED) is 0.863. The fraction of sp³-hybridized carbons (Fsp3) is 0.632. The minimum atomic E-state index is -0.0112. The maximum Gasteiger partial charge on any atom is 0.253 e. The van der Waals surface area contributed by atoms with E-state index < -0.39 is 0 Å². The molecule has 1 aliphatic rings. The lowest BCUT2D eigenvalue weighted by Gasteiger charge is -2.31. The molecule has 134 valence electrons. The van der Waals surface area contributed by atoms with Gasteiger partial charge < -0.3 is 20.2 Å². The lowest BCUT2D eigenvalue weighted by molar-refractivity contribution is 0.0786. The van der Waals surface area contributed by atoms with Gasteiger partial charge in [0.25, 0.3) is 5.91 Å². The summed E-state index contributed by atoms with van der Waals surface area (Å²) in [5.74, 6) is 0.0194. The summed E-state index contributed by atoms with van der Waals surface area (Å²) in [7, 11) is 1.80. The molecule has 1 aliphatic heterocycles. The third-order valence-corrected chi connectivity index (χ3v) is 4.51. The predicted molar refractivity (Wildman–Crippen MR) is 98.9 cm³/mol. The van der Waals surface area contributed by atoms with Crippen LogP contribution in [-0.4, -0.2) is 62.3 Å². The molecule has 1 heterocycles. The number of piperazine rings is 1. The van der Waals surface area contributed by atoms with Gasteiger partial charge in [-0.05, 0) is 35.6 Å². The normalized spacial score (nSPS) is 15.5. The fourth-order valence-corrected chi connectivity index (χ4v) is 2.90. The number of carbonyl (C=O) groups is 1. The Morgan fingerprint density at radius 3 is 2.50 bits per heavy atom. The largest absolute Gasteiger partial charge is 0.396 e. The number of amides is 1. The third-order valence-electron chi connectivity index (χ3n) is 4.51. The van der Waals surface area contributed by atoms with Gasteiger partial charge in [0.1, 0.15) is 0 Å². The summed E-state index contributed by atoms with van der Waals surface area (Å²) in [5, 5.41) is 12.3. The Balaban J connectivity index is 2.33. The summed E-state index contributed by atoms with van der Waals surface area (Å²) in [6.07, 6.45) is 0.603. The molecule has 0 bridgehead atoms. The van der Waals surface area contributed by atoms with Crippen LogP contribution in [0.1, 0.15) is 43.1 Å². The smallest absolute Gasteiger partial charge is 0.253 e.